The van der Waals surface area contributed by atoms with E-state index < -0.39 is 0 Å². The lowest BCUT2D eigenvalue weighted by Gasteiger charge is -2.33. The van der Waals surface area contributed by atoms with Crippen LogP contribution < -0.4 is 10.5 Å². The number of halogens is 1. The Morgan fingerprint density at radius 2 is 2.12 bits per heavy atom. The molecular formula is C19H31ClN2O2S. The van der Waals surface area contributed by atoms with Gasteiger partial charge in [0.2, 0.25) is 0 Å². The molecule has 0 radical (unpaired) electrons. The summed E-state index contributed by atoms with van der Waals surface area (Å²) in [4.78, 5) is 2.48. The van der Waals surface area contributed by atoms with Crippen molar-refractivity contribution in [3.05, 3.63) is 23.8 Å². The van der Waals surface area contributed by atoms with Crippen molar-refractivity contribution in [3.8, 4) is 5.75 Å². The van der Waals surface area contributed by atoms with Crippen LogP contribution in [0.3, 0.4) is 0 Å². The molecule has 0 bridgehead atoms. The molecule has 1 aromatic rings. The minimum atomic E-state index is 0. The smallest absolute Gasteiger partial charge is 0.194 e. The van der Waals surface area contributed by atoms with E-state index in [9.17, 15) is 0 Å². The molecule has 1 fully saturated rings. The standard InChI is InChI=1S/C19H30N2O2S.ClH/c1-3-4-12-22-18-14-16(20)8-9-17(18)19(24)23-13-11-21-10-6-5-7-15(21)2;/h8-9,14-15H,3-7,10-13,20H2,1-2H3;1H. The molecule has 1 heterocycles. The minimum absolute atomic E-state index is 0. The van der Waals surface area contributed by atoms with Crippen molar-refractivity contribution in [2.24, 2.45) is 0 Å². The number of benzene rings is 1. The molecule has 1 saturated heterocycles. The molecule has 6 heteroatoms. The number of piperidine rings is 1. The van der Waals surface area contributed by atoms with Crippen LogP contribution in [0.25, 0.3) is 0 Å². The summed E-state index contributed by atoms with van der Waals surface area (Å²) in [5, 5.41) is 0.492. The van der Waals surface area contributed by atoms with Crippen LogP contribution >= 0.6 is 24.6 Å². The molecule has 0 amide bonds. The van der Waals surface area contributed by atoms with Crippen LogP contribution in [0.4, 0.5) is 5.69 Å². The number of nitrogens with two attached hydrogens (primary N) is 1. The monoisotopic (exact) mass is 386 g/mol. The first-order valence-corrected chi connectivity index (χ1v) is 9.46. The zero-order valence-electron chi connectivity index (χ0n) is 15.3. The Hall–Kier alpha value is -1.04. The third-order valence-corrected chi connectivity index (χ3v) is 4.87. The van der Waals surface area contributed by atoms with Crippen LogP contribution in [0.15, 0.2) is 18.2 Å². The number of likely N-dealkylation sites (tertiary alicyclic amines) is 1. The van der Waals surface area contributed by atoms with Crippen LogP contribution in [0.1, 0.15) is 51.5 Å². The predicted octanol–water partition coefficient (Wildman–Crippen LogP) is 4.44. The van der Waals surface area contributed by atoms with E-state index in [4.69, 9.17) is 27.4 Å². The average Bonchev–Trinajstić information content (AvgIpc) is 2.57. The molecule has 0 aliphatic carbocycles. The van der Waals surface area contributed by atoms with E-state index >= 15 is 0 Å². The van der Waals surface area contributed by atoms with Gasteiger partial charge in [-0.1, -0.05) is 19.8 Å². The first kappa shape index (κ1) is 22.0. The summed E-state index contributed by atoms with van der Waals surface area (Å²) < 4.78 is 11.7. The van der Waals surface area contributed by atoms with Gasteiger partial charge in [0.15, 0.2) is 5.05 Å². The number of thiocarbonyl (C=S) groups is 1. The van der Waals surface area contributed by atoms with Crippen molar-refractivity contribution in [2.45, 2.75) is 52.0 Å². The second-order valence-electron chi connectivity index (χ2n) is 6.47. The van der Waals surface area contributed by atoms with Gasteiger partial charge in [0.25, 0.3) is 0 Å². The van der Waals surface area contributed by atoms with Gasteiger partial charge < -0.3 is 15.2 Å². The summed E-state index contributed by atoms with van der Waals surface area (Å²) in [6, 6.07) is 6.20. The van der Waals surface area contributed by atoms with Gasteiger partial charge in [-0.25, -0.2) is 0 Å². The Kier molecular flexibility index (Phi) is 10.2. The van der Waals surface area contributed by atoms with Crippen molar-refractivity contribution in [1.82, 2.24) is 4.90 Å². The molecule has 2 rings (SSSR count). The van der Waals surface area contributed by atoms with Crippen molar-refractivity contribution in [3.63, 3.8) is 0 Å². The number of hydrogen-bond donors (Lipinski definition) is 1. The maximum Gasteiger partial charge on any atom is 0.194 e. The average molecular weight is 387 g/mol. The molecule has 1 atom stereocenters. The van der Waals surface area contributed by atoms with Crippen LogP contribution in [-0.2, 0) is 4.74 Å². The fourth-order valence-corrected chi connectivity index (χ4v) is 3.23. The topological polar surface area (TPSA) is 47.7 Å². The Balaban J connectivity index is 0.00000312. The van der Waals surface area contributed by atoms with E-state index in [1.807, 2.05) is 18.2 Å². The summed E-state index contributed by atoms with van der Waals surface area (Å²) in [6.45, 7) is 7.78. The van der Waals surface area contributed by atoms with Gasteiger partial charge in [0, 0.05) is 24.3 Å². The normalized spacial score (nSPS) is 17.6. The van der Waals surface area contributed by atoms with Gasteiger partial charge in [-0.2, -0.15) is 0 Å². The lowest BCUT2D eigenvalue weighted by Crippen LogP contribution is -2.39. The van der Waals surface area contributed by atoms with Crippen LogP contribution in [-0.4, -0.2) is 42.3 Å². The van der Waals surface area contributed by atoms with E-state index in [-0.39, 0.29) is 12.4 Å². The summed E-state index contributed by atoms with van der Waals surface area (Å²) in [5.74, 6) is 0.722. The summed E-state index contributed by atoms with van der Waals surface area (Å²) in [7, 11) is 0. The van der Waals surface area contributed by atoms with Gasteiger partial charge in [0.05, 0.1) is 12.2 Å². The van der Waals surface area contributed by atoms with Crippen molar-refractivity contribution in [1.29, 1.82) is 0 Å². The lowest BCUT2D eigenvalue weighted by atomic mass is 10.0. The highest BCUT2D eigenvalue weighted by Gasteiger charge is 2.18. The molecule has 142 valence electrons. The third-order valence-electron chi connectivity index (χ3n) is 4.53. The number of anilines is 1. The molecular weight excluding hydrogens is 356 g/mol. The second-order valence-corrected chi connectivity index (χ2v) is 6.85. The zero-order chi connectivity index (χ0) is 17.4. The number of rotatable bonds is 8. The summed E-state index contributed by atoms with van der Waals surface area (Å²) in [5.41, 5.74) is 7.37. The van der Waals surface area contributed by atoms with Gasteiger partial charge >= 0.3 is 0 Å². The van der Waals surface area contributed by atoms with E-state index in [0.29, 0.717) is 30.0 Å². The minimum Gasteiger partial charge on any atom is -0.493 e. The molecule has 25 heavy (non-hydrogen) atoms. The SMILES string of the molecule is CCCCOc1cc(N)ccc1C(=S)OCCN1CCCCC1C.Cl. The highest BCUT2D eigenvalue weighted by Crippen LogP contribution is 2.24. The van der Waals surface area contributed by atoms with E-state index in [1.54, 1.807) is 0 Å². The second kappa shape index (κ2) is 11.6. The highest BCUT2D eigenvalue weighted by atomic mass is 35.5. The number of nitrogens with zero attached hydrogens (tertiary/aromatic N) is 1. The highest BCUT2D eigenvalue weighted by molar-refractivity contribution is 7.80. The molecule has 1 aromatic carbocycles. The maximum absolute atomic E-state index is 5.87. The predicted molar refractivity (Wildman–Crippen MR) is 111 cm³/mol. The fourth-order valence-electron chi connectivity index (χ4n) is 2.98. The summed E-state index contributed by atoms with van der Waals surface area (Å²) in [6.07, 6.45) is 5.99. The van der Waals surface area contributed by atoms with Crippen molar-refractivity contribution in [2.75, 3.05) is 32.0 Å². The fraction of sp³-hybridized carbons (Fsp3) is 0.632. The molecule has 0 aromatic heterocycles. The molecule has 1 aliphatic heterocycles. The number of ether oxygens (including phenoxy) is 2. The Bertz CT molecular complexity index is 542. The van der Waals surface area contributed by atoms with Crippen molar-refractivity contribution < 1.29 is 9.47 Å². The molecule has 0 spiro atoms. The summed E-state index contributed by atoms with van der Waals surface area (Å²) >= 11 is 5.46. The van der Waals surface area contributed by atoms with E-state index in [0.717, 1.165) is 37.2 Å². The molecule has 1 unspecified atom stereocenters. The maximum atomic E-state index is 5.87. The lowest BCUT2D eigenvalue weighted by molar-refractivity contribution is 0.131. The third kappa shape index (κ3) is 7.00. The zero-order valence-corrected chi connectivity index (χ0v) is 17.0. The molecule has 2 N–H and O–H groups in total. The van der Waals surface area contributed by atoms with Gasteiger partial charge in [-0.05, 0) is 57.1 Å². The number of unbranched alkanes of at least 4 members (excludes halogenated alkanes) is 1. The quantitative estimate of drug-likeness (QED) is 0.406. The first-order chi connectivity index (χ1) is 11.6. The Morgan fingerprint density at radius 3 is 2.84 bits per heavy atom. The Morgan fingerprint density at radius 1 is 1.32 bits per heavy atom. The van der Waals surface area contributed by atoms with Gasteiger partial charge in [0.1, 0.15) is 12.4 Å². The first-order valence-electron chi connectivity index (χ1n) is 9.05. The van der Waals surface area contributed by atoms with Gasteiger partial charge in [-0.3, -0.25) is 4.90 Å². The largest absolute Gasteiger partial charge is 0.493 e. The van der Waals surface area contributed by atoms with E-state index in [2.05, 4.69) is 18.7 Å². The molecule has 1 aliphatic rings. The number of nitrogen functional groups attached to an aromatic ring is 1. The van der Waals surface area contributed by atoms with Crippen molar-refractivity contribution >= 4 is 35.4 Å². The van der Waals surface area contributed by atoms with E-state index in [1.165, 1.54) is 19.3 Å². The van der Waals surface area contributed by atoms with Crippen LogP contribution in [0, 0.1) is 0 Å². The van der Waals surface area contributed by atoms with Crippen LogP contribution in [0.5, 0.6) is 5.75 Å². The van der Waals surface area contributed by atoms with Gasteiger partial charge in [-0.15, -0.1) is 12.4 Å². The molecule has 4 nitrogen and oxygen atoms in total. The number of hydrogen-bond acceptors (Lipinski definition) is 5. The molecule has 0 saturated carbocycles. The van der Waals surface area contributed by atoms with Crippen LogP contribution in [0.2, 0.25) is 0 Å². The Labute approximate surface area is 163 Å².